The van der Waals surface area contributed by atoms with E-state index < -0.39 is 0 Å². The van der Waals surface area contributed by atoms with Gasteiger partial charge in [-0.25, -0.2) is 0 Å². The van der Waals surface area contributed by atoms with E-state index in [1.165, 1.54) is 16.7 Å². The number of hydrogen-bond donors (Lipinski definition) is 0. The molecule has 2 aromatic carbocycles. The van der Waals surface area contributed by atoms with E-state index in [2.05, 4.69) is 42.2 Å². The smallest absolute Gasteiger partial charge is 0.164 e. The third kappa shape index (κ3) is 4.99. The number of methoxy groups -OCH3 is 1. The lowest BCUT2D eigenvalue weighted by molar-refractivity contribution is 0.0374. The molecule has 0 radical (unpaired) electrons. The number of nitrogens with zero attached hydrogens (tertiary/aromatic N) is 1. The molecule has 0 aromatic heterocycles. The predicted molar refractivity (Wildman–Crippen MR) is 104 cm³/mol. The van der Waals surface area contributed by atoms with Crippen LogP contribution in [0.4, 0.5) is 0 Å². The van der Waals surface area contributed by atoms with Gasteiger partial charge in [0.05, 0.1) is 20.3 Å². The number of rotatable bonds is 8. The standard InChI is InChI=1S/C22H29NO3/c1-18-7-3-4-8-20(18)17-26-22-19(9-5-11-21(22)24-2)10-6-12-23-13-15-25-16-14-23/h3-5,7-9,11H,6,10,12-17H2,1-2H3. The van der Waals surface area contributed by atoms with Crippen molar-refractivity contribution in [2.45, 2.75) is 26.4 Å². The van der Waals surface area contributed by atoms with Crippen LogP contribution in [0.1, 0.15) is 23.1 Å². The minimum atomic E-state index is 0.559. The third-order valence-electron chi connectivity index (χ3n) is 4.94. The van der Waals surface area contributed by atoms with E-state index in [1.54, 1.807) is 7.11 Å². The second-order valence-corrected chi connectivity index (χ2v) is 6.72. The normalized spacial score (nSPS) is 15.0. The van der Waals surface area contributed by atoms with Crippen molar-refractivity contribution in [2.24, 2.45) is 0 Å². The Hall–Kier alpha value is -2.04. The molecule has 3 rings (SSSR count). The molecule has 1 aliphatic heterocycles. The lowest BCUT2D eigenvalue weighted by Crippen LogP contribution is -2.36. The van der Waals surface area contributed by atoms with Gasteiger partial charge in [-0.2, -0.15) is 0 Å². The average molecular weight is 355 g/mol. The van der Waals surface area contributed by atoms with E-state index in [0.29, 0.717) is 6.61 Å². The molecule has 4 nitrogen and oxygen atoms in total. The van der Waals surface area contributed by atoms with Crippen LogP contribution in [-0.4, -0.2) is 44.9 Å². The van der Waals surface area contributed by atoms with Crippen LogP contribution in [0.15, 0.2) is 42.5 Å². The Balaban J connectivity index is 1.64. The van der Waals surface area contributed by atoms with Crippen molar-refractivity contribution in [3.63, 3.8) is 0 Å². The van der Waals surface area contributed by atoms with Crippen LogP contribution in [0.25, 0.3) is 0 Å². The fourth-order valence-electron chi connectivity index (χ4n) is 3.32. The molecule has 0 atom stereocenters. The molecule has 1 heterocycles. The largest absolute Gasteiger partial charge is 0.493 e. The number of ether oxygens (including phenoxy) is 3. The average Bonchev–Trinajstić information content (AvgIpc) is 2.68. The first-order valence-corrected chi connectivity index (χ1v) is 9.41. The minimum absolute atomic E-state index is 0.559. The number of hydrogen-bond acceptors (Lipinski definition) is 4. The molecule has 140 valence electrons. The SMILES string of the molecule is COc1cccc(CCCN2CCOCC2)c1OCc1ccccc1C. The Labute approximate surface area is 156 Å². The molecule has 0 N–H and O–H groups in total. The van der Waals surface area contributed by atoms with Crippen molar-refractivity contribution in [1.29, 1.82) is 0 Å². The maximum atomic E-state index is 6.21. The maximum absolute atomic E-state index is 6.21. The second-order valence-electron chi connectivity index (χ2n) is 6.72. The second kappa shape index (κ2) is 9.60. The van der Waals surface area contributed by atoms with Crippen LogP contribution >= 0.6 is 0 Å². The van der Waals surface area contributed by atoms with Crippen LogP contribution in [0.2, 0.25) is 0 Å². The Morgan fingerprint density at radius 2 is 1.77 bits per heavy atom. The topological polar surface area (TPSA) is 30.9 Å². The molecule has 0 aliphatic carbocycles. The highest BCUT2D eigenvalue weighted by molar-refractivity contribution is 5.47. The first kappa shape index (κ1) is 18.7. The Morgan fingerprint density at radius 1 is 1.00 bits per heavy atom. The number of morpholine rings is 1. The lowest BCUT2D eigenvalue weighted by atomic mass is 10.1. The zero-order valence-electron chi connectivity index (χ0n) is 15.9. The lowest BCUT2D eigenvalue weighted by Gasteiger charge is -2.26. The van der Waals surface area contributed by atoms with E-state index in [1.807, 2.05) is 12.1 Å². The molecule has 4 heteroatoms. The van der Waals surface area contributed by atoms with Crippen molar-refractivity contribution in [2.75, 3.05) is 40.0 Å². The van der Waals surface area contributed by atoms with Crippen molar-refractivity contribution in [1.82, 2.24) is 4.90 Å². The van der Waals surface area contributed by atoms with Crippen LogP contribution < -0.4 is 9.47 Å². The summed E-state index contributed by atoms with van der Waals surface area (Å²) in [6.45, 7) is 7.54. The van der Waals surface area contributed by atoms with Gasteiger partial charge in [-0.05, 0) is 49.1 Å². The summed E-state index contributed by atoms with van der Waals surface area (Å²) in [5.74, 6) is 1.68. The van der Waals surface area contributed by atoms with Crippen LogP contribution in [0.3, 0.4) is 0 Å². The molecular formula is C22H29NO3. The highest BCUT2D eigenvalue weighted by atomic mass is 16.5. The van der Waals surface area contributed by atoms with Crippen molar-refractivity contribution in [3.05, 3.63) is 59.2 Å². The zero-order valence-corrected chi connectivity index (χ0v) is 15.9. The Bertz CT molecular complexity index is 696. The van der Waals surface area contributed by atoms with Gasteiger partial charge in [0.2, 0.25) is 0 Å². The summed E-state index contributed by atoms with van der Waals surface area (Å²) in [5, 5.41) is 0. The Kier molecular flexibility index (Phi) is 6.92. The van der Waals surface area contributed by atoms with Crippen LogP contribution in [-0.2, 0) is 17.8 Å². The predicted octanol–water partition coefficient (Wildman–Crippen LogP) is 3.85. The van der Waals surface area contributed by atoms with E-state index in [9.17, 15) is 0 Å². The van der Waals surface area contributed by atoms with E-state index in [-0.39, 0.29) is 0 Å². The molecular weight excluding hydrogens is 326 g/mol. The highest BCUT2D eigenvalue weighted by Crippen LogP contribution is 2.33. The van der Waals surface area contributed by atoms with Crippen molar-refractivity contribution in [3.8, 4) is 11.5 Å². The molecule has 0 unspecified atom stereocenters. The van der Waals surface area contributed by atoms with Crippen molar-refractivity contribution < 1.29 is 14.2 Å². The highest BCUT2D eigenvalue weighted by Gasteiger charge is 2.13. The molecule has 1 aliphatic rings. The van der Waals surface area contributed by atoms with Gasteiger partial charge >= 0.3 is 0 Å². The molecule has 0 bridgehead atoms. The van der Waals surface area contributed by atoms with Gasteiger partial charge in [-0.3, -0.25) is 4.90 Å². The summed E-state index contributed by atoms with van der Waals surface area (Å²) < 4.78 is 17.2. The number of para-hydroxylation sites is 1. The molecule has 0 amide bonds. The summed E-state index contributed by atoms with van der Waals surface area (Å²) >= 11 is 0. The fourth-order valence-corrected chi connectivity index (χ4v) is 3.32. The van der Waals surface area contributed by atoms with Gasteiger partial charge in [0.1, 0.15) is 6.61 Å². The molecule has 1 fully saturated rings. The van der Waals surface area contributed by atoms with Gasteiger partial charge < -0.3 is 14.2 Å². The van der Waals surface area contributed by atoms with E-state index in [4.69, 9.17) is 14.2 Å². The van der Waals surface area contributed by atoms with E-state index >= 15 is 0 Å². The molecule has 0 spiro atoms. The van der Waals surface area contributed by atoms with Gasteiger partial charge in [0.15, 0.2) is 11.5 Å². The van der Waals surface area contributed by atoms with Crippen molar-refractivity contribution >= 4 is 0 Å². The van der Waals surface area contributed by atoms with Gasteiger partial charge in [-0.15, -0.1) is 0 Å². The van der Waals surface area contributed by atoms with Gasteiger partial charge in [-0.1, -0.05) is 36.4 Å². The Morgan fingerprint density at radius 3 is 2.54 bits per heavy atom. The molecule has 2 aromatic rings. The third-order valence-corrected chi connectivity index (χ3v) is 4.94. The number of aryl methyl sites for hydroxylation is 2. The first-order valence-electron chi connectivity index (χ1n) is 9.41. The summed E-state index contributed by atoms with van der Waals surface area (Å²) in [6, 6.07) is 14.5. The van der Waals surface area contributed by atoms with Gasteiger partial charge in [0, 0.05) is 13.1 Å². The van der Waals surface area contributed by atoms with Gasteiger partial charge in [0.25, 0.3) is 0 Å². The van der Waals surface area contributed by atoms with E-state index in [0.717, 1.165) is 57.2 Å². The molecule has 26 heavy (non-hydrogen) atoms. The summed E-state index contributed by atoms with van der Waals surface area (Å²) in [5.41, 5.74) is 3.67. The maximum Gasteiger partial charge on any atom is 0.164 e. The van der Waals surface area contributed by atoms with Crippen LogP contribution in [0.5, 0.6) is 11.5 Å². The number of benzene rings is 2. The summed E-state index contributed by atoms with van der Waals surface area (Å²) in [4.78, 5) is 2.47. The summed E-state index contributed by atoms with van der Waals surface area (Å²) in [7, 11) is 1.70. The zero-order chi connectivity index (χ0) is 18.2. The minimum Gasteiger partial charge on any atom is -0.493 e. The van der Waals surface area contributed by atoms with Crippen LogP contribution in [0, 0.1) is 6.92 Å². The fraction of sp³-hybridized carbons (Fsp3) is 0.455. The molecule has 0 saturated carbocycles. The molecule has 1 saturated heterocycles. The quantitative estimate of drug-likeness (QED) is 0.720. The summed E-state index contributed by atoms with van der Waals surface area (Å²) in [6.07, 6.45) is 2.09. The first-order chi connectivity index (χ1) is 12.8. The monoisotopic (exact) mass is 355 g/mol.